The summed E-state index contributed by atoms with van der Waals surface area (Å²) in [7, 11) is 0. The lowest BCUT2D eigenvalue weighted by Gasteiger charge is -2.35. The van der Waals surface area contributed by atoms with Gasteiger partial charge in [-0.15, -0.1) is 24.4 Å². The average molecular weight is 362 g/mol. The van der Waals surface area contributed by atoms with Crippen LogP contribution in [0.25, 0.3) is 5.57 Å². The van der Waals surface area contributed by atoms with Crippen molar-refractivity contribution in [3.8, 4) is 0 Å². The van der Waals surface area contributed by atoms with E-state index in [0.29, 0.717) is 0 Å². The molecule has 25 heavy (non-hydrogen) atoms. The van der Waals surface area contributed by atoms with Crippen molar-refractivity contribution in [2.45, 2.75) is 6.92 Å². The lowest BCUT2D eigenvalue weighted by Crippen LogP contribution is -2.18. The lowest BCUT2D eigenvalue weighted by molar-refractivity contribution is 1.23. The Kier molecular flexibility index (Phi) is 4.36. The molecule has 0 spiro atoms. The number of fused-ring (bicyclic) bond motifs is 2. The number of nitrogens with zero attached hydrogens (tertiary/aromatic N) is 1. The highest BCUT2D eigenvalue weighted by Gasteiger charge is 2.28. The monoisotopic (exact) mass is 361 g/mol. The van der Waals surface area contributed by atoms with Crippen LogP contribution in [0.3, 0.4) is 0 Å². The van der Waals surface area contributed by atoms with E-state index in [0.717, 1.165) is 4.24 Å². The van der Waals surface area contributed by atoms with E-state index in [-0.39, 0.29) is 0 Å². The molecule has 0 saturated carbocycles. The fraction of sp³-hybridized carbons (Fsp3) is 0.0909. The smallest absolute Gasteiger partial charge is 0.0543 e. The molecule has 124 valence electrons. The van der Waals surface area contributed by atoms with Crippen LogP contribution in [0.2, 0.25) is 0 Å². The van der Waals surface area contributed by atoms with Crippen LogP contribution < -0.4 is 4.90 Å². The first-order valence-corrected chi connectivity index (χ1v) is 9.90. The van der Waals surface area contributed by atoms with Gasteiger partial charge in [-0.1, -0.05) is 48.5 Å². The van der Waals surface area contributed by atoms with Crippen LogP contribution in [-0.2, 0) is 0 Å². The van der Waals surface area contributed by atoms with Crippen molar-refractivity contribution in [3.05, 3.63) is 93.7 Å². The van der Waals surface area contributed by atoms with E-state index in [4.69, 9.17) is 12.6 Å². The van der Waals surface area contributed by atoms with Gasteiger partial charge < -0.3 is 4.90 Å². The Morgan fingerprint density at radius 2 is 1.52 bits per heavy atom. The molecule has 0 aromatic heterocycles. The van der Waals surface area contributed by atoms with Gasteiger partial charge in [0.15, 0.2) is 0 Å². The molecule has 0 unspecified atom stereocenters. The highest BCUT2D eigenvalue weighted by atomic mass is 32.2. The average Bonchev–Trinajstić information content (AvgIpc) is 2.66. The van der Waals surface area contributed by atoms with Gasteiger partial charge in [-0.3, -0.25) is 0 Å². The number of aryl methyl sites for hydroxylation is 1. The zero-order chi connectivity index (χ0) is 17.4. The van der Waals surface area contributed by atoms with Gasteiger partial charge >= 0.3 is 0 Å². The molecular formula is C22H19NS2. The maximum absolute atomic E-state index is 4.79. The number of rotatable bonds is 2. The Bertz CT molecular complexity index is 961. The number of hydrogen-bond donors (Lipinski definition) is 1. The SMILES string of the molecule is CS/C(S)=C1/c2ccccc2N(c2ccccc2)c2cc(C)ccc21. The molecule has 0 radical (unpaired) electrons. The van der Waals surface area contributed by atoms with Crippen molar-refractivity contribution in [2.75, 3.05) is 11.2 Å². The second-order valence-corrected chi connectivity index (χ2v) is 7.66. The fourth-order valence-corrected chi connectivity index (χ4v) is 4.05. The minimum absolute atomic E-state index is 1.05. The van der Waals surface area contributed by atoms with Crippen molar-refractivity contribution >= 4 is 47.0 Å². The van der Waals surface area contributed by atoms with Gasteiger partial charge in [-0.2, -0.15) is 0 Å². The lowest BCUT2D eigenvalue weighted by atomic mass is 9.90. The predicted octanol–water partition coefficient (Wildman–Crippen LogP) is 6.79. The highest BCUT2D eigenvalue weighted by Crippen LogP contribution is 2.51. The third-order valence-electron chi connectivity index (χ3n) is 4.50. The highest BCUT2D eigenvalue weighted by molar-refractivity contribution is 8.15. The molecule has 0 aliphatic carbocycles. The zero-order valence-corrected chi connectivity index (χ0v) is 15.9. The number of thioether (sulfide) groups is 1. The van der Waals surface area contributed by atoms with Gasteiger partial charge in [-0.05, 0) is 43.0 Å². The van der Waals surface area contributed by atoms with Gasteiger partial charge in [0.05, 0.1) is 11.4 Å². The van der Waals surface area contributed by atoms with E-state index in [9.17, 15) is 0 Å². The van der Waals surface area contributed by atoms with Crippen LogP contribution >= 0.6 is 24.4 Å². The van der Waals surface area contributed by atoms with Crippen molar-refractivity contribution < 1.29 is 0 Å². The van der Waals surface area contributed by atoms with Crippen LogP contribution in [0.4, 0.5) is 17.1 Å². The normalized spacial score (nSPS) is 14.8. The van der Waals surface area contributed by atoms with Crippen molar-refractivity contribution in [2.24, 2.45) is 0 Å². The molecular weight excluding hydrogens is 342 g/mol. The fourth-order valence-electron chi connectivity index (χ4n) is 3.38. The van der Waals surface area contributed by atoms with Crippen LogP contribution in [0.5, 0.6) is 0 Å². The summed E-state index contributed by atoms with van der Waals surface area (Å²) in [4.78, 5) is 2.35. The van der Waals surface area contributed by atoms with E-state index < -0.39 is 0 Å². The van der Waals surface area contributed by atoms with Crippen LogP contribution in [0.1, 0.15) is 16.7 Å². The summed E-state index contributed by atoms with van der Waals surface area (Å²) in [5.74, 6) is 0. The maximum Gasteiger partial charge on any atom is 0.0543 e. The minimum Gasteiger partial charge on any atom is -0.309 e. The number of hydrogen-bond acceptors (Lipinski definition) is 3. The van der Waals surface area contributed by atoms with Crippen molar-refractivity contribution in [1.29, 1.82) is 0 Å². The quantitative estimate of drug-likeness (QED) is 0.392. The third kappa shape index (κ3) is 2.78. The molecule has 0 saturated heterocycles. The molecule has 1 aliphatic rings. The summed E-state index contributed by atoms with van der Waals surface area (Å²) in [6.07, 6.45) is 2.08. The third-order valence-corrected chi connectivity index (χ3v) is 5.86. The molecule has 3 aromatic rings. The van der Waals surface area contributed by atoms with E-state index >= 15 is 0 Å². The Morgan fingerprint density at radius 3 is 2.28 bits per heavy atom. The molecule has 0 bridgehead atoms. The van der Waals surface area contributed by atoms with Crippen molar-refractivity contribution in [1.82, 2.24) is 0 Å². The van der Waals surface area contributed by atoms with Gasteiger partial charge in [0, 0.05) is 26.6 Å². The summed E-state index contributed by atoms with van der Waals surface area (Å²) in [5, 5.41) is 0. The Morgan fingerprint density at radius 1 is 0.840 bits per heavy atom. The second-order valence-electron chi connectivity index (χ2n) is 6.09. The number of benzene rings is 3. The molecule has 0 fully saturated rings. The second kappa shape index (κ2) is 6.66. The Labute approximate surface area is 158 Å². The first-order valence-electron chi connectivity index (χ1n) is 8.23. The minimum atomic E-state index is 1.05. The number of anilines is 3. The molecule has 3 aromatic carbocycles. The van der Waals surface area contributed by atoms with Gasteiger partial charge in [0.25, 0.3) is 0 Å². The molecule has 3 heteroatoms. The summed E-state index contributed by atoms with van der Waals surface area (Å²) >= 11 is 6.47. The van der Waals surface area contributed by atoms with Crippen molar-refractivity contribution in [3.63, 3.8) is 0 Å². The summed E-state index contributed by atoms with van der Waals surface area (Å²) in [5.41, 5.74) is 8.50. The standard InChI is InChI=1S/C22H19NS2/c1-15-12-13-18-20(14-15)23(16-8-4-3-5-9-16)19-11-7-6-10-17(19)21(18)22(24)25-2/h3-14,24H,1-2H3/b22-21-. The zero-order valence-electron chi connectivity index (χ0n) is 14.2. The topological polar surface area (TPSA) is 3.24 Å². The first kappa shape index (κ1) is 16.4. The van der Waals surface area contributed by atoms with E-state index in [1.165, 1.54) is 39.3 Å². The molecule has 1 nitrogen and oxygen atoms in total. The molecule has 1 aliphatic heterocycles. The van der Waals surface area contributed by atoms with Gasteiger partial charge in [0.1, 0.15) is 0 Å². The van der Waals surface area contributed by atoms with E-state index in [1.54, 1.807) is 11.8 Å². The summed E-state index contributed by atoms with van der Waals surface area (Å²) in [6, 6.07) is 25.8. The number of thiol groups is 1. The maximum atomic E-state index is 4.79. The largest absolute Gasteiger partial charge is 0.309 e. The first-order chi connectivity index (χ1) is 12.2. The molecule has 0 atom stereocenters. The number of para-hydroxylation sites is 2. The van der Waals surface area contributed by atoms with Crippen LogP contribution in [-0.4, -0.2) is 6.26 Å². The van der Waals surface area contributed by atoms with Gasteiger partial charge in [0.2, 0.25) is 0 Å². The van der Waals surface area contributed by atoms with E-state index in [1.807, 2.05) is 0 Å². The molecule has 1 heterocycles. The summed E-state index contributed by atoms with van der Waals surface area (Å²) in [6.45, 7) is 2.14. The van der Waals surface area contributed by atoms with Crippen LogP contribution in [0, 0.1) is 6.92 Å². The summed E-state index contributed by atoms with van der Waals surface area (Å²) < 4.78 is 1.05. The Hall–Kier alpha value is -2.10. The molecule has 0 amide bonds. The predicted molar refractivity (Wildman–Crippen MR) is 114 cm³/mol. The Balaban J connectivity index is 2.08. The molecule has 4 rings (SSSR count). The van der Waals surface area contributed by atoms with Crippen LogP contribution in [0.15, 0.2) is 77.0 Å². The molecule has 0 N–H and O–H groups in total. The van der Waals surface area contributed by atoms with E-state index in [2.05, 4.69) is 90.9 Å². The van der Waals surface area contributed by atoms with Gasteiger partial charge in [-0.25, -0.2) is 0 Å².